The summed E-state index contributed by atoms with van der Waals surface area (Å²) in [5.41, 5.74) is 9.59. The number of carbonyl (C=O) groups excluding carboxylic acids is 1. The van der Waals surface area contributed by atoms with E-state index in [4.69, 9.17) is 5.53 Å². The molecule has 0 aliphatic rings. The van der Waals surface area contributed by atoms with E-state index in [1.807, 2.05) is 0 Å². The monoisotopic (exact) mass is 117 g/mol. The highest BCUT2D eigenvalue weighted by molar-refractivity contribution is 5.65. The molecule has 0 spiro atoms. The van der Waals surface area contributed by atoms with Gasteiger partial charge in [-0.3, -0.25) is 0 Å². The maximum absolute atomic E-state index is 10.1. The van der Waals surface area contributed by atoms with Gasteiger partial charge in [-0.05, 0) is 6.92 Å². The van der Waals surface area contributed by atoms with Crippen molar-refractivity contribution in [1.82, 2.24) is 5.43 Å². The number of hydrogen-bond acceptors (Lipinski definition) is 2. The van der Waals surface area contributed by atoms with Gasteiger partial charge in [0.1, 0.15) is 0 Å². The molecule has 0 aromatic carbocycles. The summed E-state index contributed by atoms with van der Waals surface area (Å²) < 4.78 is 4.31. The SMILES string of the molecule is CCOC(=O)N[NH+]=[N-]. The summed E-state index contributed by atoms with van der Waals surface area (Å²) in [5.74, 6) is 0. The van der Waals surface area contributed by atoms with Crippen molar-refractivity contribution in [3.05, 3.63) is 5.53 Å². The summed E-state index contributed by atoms with van der Waals surface area (Å²) in [7, 11) is 0. The van der Waals surface area contributed by atoms with Gasteiger partial charge >= 0.3 is 6.09 Å². The Morgan fingerprint density at radius 3 is 3.00 bits per heavy atom. The second-order valence-electron chi connectivity index (χ2n) is 0.957. The Morgan fingerprint density at radius 2 is 2.62 bits per heavy atom. The van der Waals surface area contributed by atoms with Gasteiger partial charge in [0, 0.05) is 0 Å². The fourth-order valence-corrected chi connectivity index (χ4v) is 0.213. The Labute approximate surface area is 46.5 Å². The first kappa shape index (κ1) is 6.87. The molecule has 5 nitrogen and oxygen atoms in total. The van der Waals surface area contributed by atoms with Crippen LogP contribution in [0.3, 0.4) is 0 Å². The van der Waals surface area contributed by atoms with E-state index in [1.165, 1.54) is 5.22 Å². The molecule has 0 fully saturated rings. The number of nitrogens with one attached hydrogen (secondary N) is 2. The highest BCUT2D eigenvalue weighted by Crippen LogP contribution is 1.68. The van der Waals surface area contributed by atoms with Crippen LogP contribution >= 0.6 is 0 Å². The predicted octanol–water partition coefficient (Wildman–Crippen LogP) is -1.25. The molecule has 0 aliphatic heterocycles. The van der Waals surface area contributed by atoms with E-state index in [2.05, 4.69) is 4.74 Å². The third-order valence-electron chi connectivity index (χ3n) is 0.433. The lowest BCUT2D eigenvalue weighted by Crippen LogP contribution is -2.77. The Morgan fingerprint density at radius 1 is 2.00 bits per heavy atom. The number of amides is 1. The van der Waals surface area contributed by atoms with Crippen LogP contribution in [-0.2, 0) is 4.74 Å². The van der Waals surface area contributed by atoms with Gasteiger partial charge in [-0.15, -0.1) is 0 Å². The van der Waals surface area contributed by atoms with Gasteiger partial charge in [0.2, 0.25) is 0 Å². The molecule has 8 heavy (non-hydrogen) atoms. The van der Waals surface area contributed by atoms with Crippen LogP contribution in [0.15, 0.2) is 0 Å². The van der Waals surface area contributed by atoms with Crippen LogP contribution in [0.25, 0.3) is 5.53 Å². The fourth-order valence-electron chi connectivity index (χ4n) is 0.213. The highest BCUT2D eigenvalue weighted by atomic mass is 16.5. The van der Waals surface area contributed by atoms with Crippen molar-refractivity contribution in [3.8, 4) is 0 Å². The molecular weight excluding hydrogens is 110 g/mol. The van der Waals surface area contributed by atoms with Crippen LogP contribution < -0.4 is 10.6 Å². The Bertz CT molecular complexity index is 92.5. The predicted molar refractivity (Wildman–Crippen MR) is 24.5 cm³/mol. The van der Waals surface area contributed by atoms with Crippen LogP contribution in [-0.4, -0.2) is 12.7 Å². The van der Waals surface area contributed by atoms with Crippen molar-refractivity contribution >= 4 is 6.09 Å². The van der Waals surface area contributed by atoms with Crippen LogP contribution in [0.2, 0.25) is 0 Å². The van der Waals surface area contributed by atoms with Gasteiger partial charge in [-0.1, -0.05) is 0 Å². The van der Waals surface area contributed by atoms with E-state index in [0.717, 1.165) is 0 Å². The van der Waals surface area contributed by atoms with Crippen molar-refractivity contribution in [3.63, 3.8) is 0 Å². The maximum atomic E-state index is 10.1. The minimum atomic E-state index is -0.699. The van der Waals surface area contributed by atoms with Crippen LogP contribution in [0.1, 0.15) is 6.92 Å². The normalized spacial score (nSPS) is 7.62. The number of hydrogen-bond donors (Lipinski definition) is 2. The number of carbonyl (C=O) groups is 1. The third-order valence-corrected chi connectivity index (χ3v) is 0.433. The molecule has 1 amide bonds. The minimum Gasteiger partial charge on any atom is -0.462 e. The van der Waals surface area contributed by atoms with Gasteiger partial charge in [-0.2, -0.15) is 16.2 Å². The van der Waals surface area contributed by atoms with Crippen LogP contribution in [0, 0.1) is 0 Å². The summed E-state index contributed by atoms with van der Waals surface area (Å²) in [5, 5.41) is 1.43. The quantitative estimate of drug-likeness (QED) is 0.350. The van der Waals surface area contributed by atoms with E-state index < -0.39 is 6.09 Å². The molecule has 0 aliphatic carbocycles. The van der Waals surface area contributed by atoms with Gasteiger partial charge < -0.3 is 4.74 Å². The lowest BCUT2D eigenvalue weighted by Gasteiger charge is -1.97. The van der Waals surface area contributed by atoms with E-state index in [-0.39, 0.29) is 6.61 Å². The molecule has 0 radical (unpaired) electrons. The Kier molecular flexibility index (Phi) is 3.47. The average Bonchev–Trinajstić information content (AvgIpc) is 1.68. The van der Waals surface area contributed by atoms with Gasteiger partial charge in [0.05, 0.1) is 6.61 Å². The first-order chi connectivity index (χ1) is 3.81. The third kappa shape index (κ3) is 3.08. The van der Waals surface area contributed by atoms with Crippen LogP contribution in [0.5, 0.6) is 0 Å². The molecule has 0 saturated heterocycles. The molecular formula is C3H7N3O2. The van der Waals surface area contributed by atoms with E-state index >= 15 is 0 Å². The standard InChI is InChI=1S/C3H7N3O2/c1-2-8-3(7)5-6-4/h6H,2H2,1H3,(H-,4,5,7). The van der Waals surface area contributed by atoms with Crippen molar-refractivity contribution < 1.29 is 14.8 Å². The molecule has 0 bridgehead atoms. The molecule has 0 aromatic heterocycles. The summed E-state index contributed by atoms with van der Waals surface area (Å²) >= 11 is 0. The summed E-state index contributed by atoms with van der Waals surface area (Å²) in [4.78, 5) is 10.1. The number of hydrazine groups is 1. The molecule has 0 atom stereocenters. The summed E-state index contributed by atoms with van der Waals surface area (Å²) in [6.45, 7) is 1.95. The largest absolute Gasteiger partial charge is 0.462 e. The van der Waals surface area contributed by atoms with E-state index in [0.29, 0.717) is 0 Å². The minimum absolute atomic E-state index is 0.285. The number of ether oxygens (including phenoxy) is 1. The van der Waals surface area contributed by atoms with Crippen molar-refractivity contribution in [2.45, 2.75) is 6.92 Å². The highest BCUT2D eigenvalue weighted by Gasteiger charge is 1.90. The zero-order chi connectivity index (χ0) is 6.41. The molecule has 0 aromatic rings. The second kappa shape index (κ2) is 4.04. The van der Waals surface area contributed by atoms with Gasteiger partial charge in [-0.25, -0.2) is 4.79 Å². The lowest BCUT2D eigenvalue weighted by molar-refractivity contribution is -0.533. The van der Waals surface area contributed by atoms with Gasteiger partial charge in [0.15, 0.2) is 0 Å². The molecule has 2 N–H and O–H groups in total. The molecule has 0 saturated carbocycles. The van der Waals surface area contributed by atoms with Crippen molar-refractivity contribution in [2.75, 3.05) is 6.61 Å². The van der Waals surface area contributed by atoms with Gasteiger partial charge in [0.25, 0.3) is 0 Å². The smallest absolute Gasteiger partial charge is 0.373 e. The number of rotatable bonds is 2. The molecule has 5 heteroatoms. The summed E-state index contributed by atoms with van der Waals surface area (Å²) in [6, 6.07) is 0. The Hall–Kier alpha value is -1.13. The fraction of sp³-hybridized carbons (Fsp3) is 0.667. The van der Waals surface area contributed by atoms with Crippen LogP contribution in [0.4, 0.5) is 4.79 Å². The first-order valence-corrected chi connectivity index (χ1v) is 2.13. The Balaban J connectivity index is 3.18. The maximum Gasteiger partial charge on any atom is 0.373 e. The van der Waals surface area contributed by atoms with Crippen molar-refractivity contribution in [1.29, 1.82) is 0 Å². The number of nitrogens with zero attached hydrogens (tertiary/aromatic N) is 1. The van der Waals surface area contributed by atoms with Crippen molar-refractivity contribution in [2.24, 2.45) is 0 Å². The van der Waals surface area contributed by atoms with E-state index in [1.54, 1.807) is 12.3 Å². The topological polar surface area (TPSA) is 74.6 Å². The lowest BCUT2D eigenvalue weighted by atomic mass is 10.9. The van der Waals surface area contributed by atoms with E-state index in [9.17, 15) is 4.79 Å². The molecule has 0 unspecified atom stereocenters. The zero-order valence-electron chi connectivity index (χ0n) is 4.47. The molecule has 46 valence electrons. The first-order valence-electron chi connectivity index (χ1n) is 2.13. The average molecular weight is 117 g/mol. The zero-order valence-corrected chi connectivity index (χ0v) is 4.47. The summed E-state index contributed by atoms with van der Waals surface area (Å²) in [6.07, 6.45) is -0.699. The molecule has 0 rings (SSSR count). The molecule has 0 heterocycles. The second-order valence-corrected chi connectivity index (χ2v) is 0.957.